The lowest BCUT2D eigenvalue weighted by Gasteiger charge is -2.36. The summed E-state index contributed by atoms with van der Waals surface area (Å²) in [6.07, 6.45) is 3.22. The average molecular weight is 219 g/mol. The molecular formula is C9H17NO3S. The van der Waals surface area contributed by atoms with Gasteiger partial charge in [0.1, 0.15) is 0 Å². The number of ether oxygens (including phenoxy) is 1. The Bertz CT molecular complexity index is 301. The predicted molar refractivity (Wildman–Crippen MR) is 53.5 cm³/mol. The smallest absolute Gasteiger partial charge is 0.214 e. The highest BCUT2D eigenvalue weighted by atomic mass is 32.2. The van der Waals surface area contributed by atoms with Crippen LogP contribution in [-0.4, -0.2) is 43.8 Å². The van der Waals surface area contributed by atoms with Crippen molar-refractivity contribution in [2.75, 3.05) is 18.9 Å². The van der Waals surface area contributed by atoms with Crippen molar-refractivity contribution in [3.05, 3.63) is 0 Å². The normalized spacial score (nSPS) is 34.4. The predicted octanol–water partition coefficient (Wildman–Crippen LogP) is 0.589. The number of nitrogens with zero attached hydrogens (tertiary/aromatic N) is 1. The molecule has 1 aliphatic carbocycles. The van der Waals surface area contributed by atoms with Crippen LogP contribution in [0.5, 0.6) is 0 Å². The summed E-state index contributed by atoms with van der Waals surface area (Å²) < 4.78 is 30.8. The Morgan fingerprint density at radius 3 is 2.93 bits per heavy atom. The molecule has 2 atom stereocenters. The lowest BCUT2D eigenvalue weighted by atomic mass is 10.2. The van der Waals surface area contributed by atoms with E-state index in [1.54, 1.807) is 11.2 Å². The van der Waals surface area contributed by atoms with Crippen molar-refractivity contribution in [1.82, 2.24) is 4.31 Å². The summed E-state index contributed by atoms with van der Waals surface area (Å²) in [7, 11) is -3.02. The fourth-order valence-corrected chi connectivity index (χ4v) is 3.74. The Hall–Kier alpha value is -0.130. The molecule has 1 saturated heterocycles. The van der Waals surface area contributed by atoms with Crippen LogP contribution < -0.4 is 0 Å². The molecule has 0 bridgehead atoms. The summed E-state index contributed by atoms with van der Waals surface area (Å²) in [6, 6.07) is 0.119. The van der Waals surface area contributed by atoms with E-state index in [4.69, 9.17) is 4.74 Å². The molecule has 4 nitrogen and oxygen atoms in total. The van der Waals surface area contributed by atoms with E-state index in [2.05, 4.69) is 0 Å². The molecule has 82 valence electrons. The van der Waals surface area contributed by atoms with Gasteiger partial charge in [0.25, 0.3) is 0 Å². The van der Waals surface area contributed by atoms with Crippen LogP contribution in [0.25, 0.3) is 0 Å². The molecule has 14 heavy (non-hydrogen) atoms. The van der Waals surface area contributed by atoms with Crippen LogP contribution in [0.4, 0.5) is 0 Å². The van der Waals surface area contributed by atoms with Crippen LogP contribution in [-0.2, 0) is 14.8 Å². The van der Waals surface area contributed by atoms with Gasteiger partial charge in [0.2, 0.25) is 10.0 Å². The minimum atomic E-state index is -3.02. The van der Waals surface area contributed by atoms with Crippen molar-refractivity contribution in [2.24, 2.45) is 0 Å². The Kier molecular flexibility index (Phi) is 2.81. The third-order valence-corrected chi connectivity index (χ3v) is 5.05. The minimum Gasteiger partial charge on any atom is -0.375 e. The lowest BCUT2D eigenvalue weighted by molar-refractivity contribution is -0.0241. The van der Waals surface area contributed by atoms with Crippen LogP contribution in [0.2, 0.25) is 0 Å². The highest BCUT2D eigenvalue weighted by Crippen LogP contribution is 2.31. The summed E-state index contributed by atoms with van der Waals surface area (Å²) in [5.74, 6) is 0.205. The van der Waals surface area contributed by atoms with E-state index in [0.717, 1.165) is 19.3 Å². The molecule has 0 aromatic heterocycles. The van der Waals surface area contributed by atoms with E-state index in [9.17, 15) is 8.42 Å². The largest absolute Gasteiger partial charge is 0.375 e. The first kappa shape index (κ1) is 10.4. The van der Waals surface area contributed by atoms with Gasteiger partial charge in [-0.3, -0.25) is 0 Å². The standard InChI is InChI=1S/C9H17NO3S/c1-2-14(11,12)10-6-7-13-9-5-3-4-8(9)10/h8-9H,2-7H2,1H3. The highest BCUT2D eigenvalue weighted by Gasteiger charge is 2.40. The second kappa shape index (κ2) is 3.79. The zero-order valence-electron chi connectivity index (χ0n) is 8.48. The van der Waals surface area contributed by atoms with E-state index >= 15 is 0 Å². The quantitative estimate of drug-likeness (QED) is 0.683. The van der Waals surface area contributed by atoms with Crippen LogP contribution in [0, 0.1) is 0 Å². The van der Waals surface area contributed by atoms with Gasteiger partial charge < -0.3 is 4.74 Å². The summed E-state index contributed by atoms with van der Waals surface area (Å²) in [6.45, 7) is 2.80. The van der Waals surface area contributed by atoms with Crippen LogP contribution >= 0.6 is 0 Å². The first-order chi connectivity index (χ1) is 6.65. The zero-order valence-corrected chi connectivity index (χ0v) is 9.29. The molecule has 1 saturated carbocycles. The van der Waals surface area contributed by atoms with Gasteiger partial charge in [0.15, 0.2) is 0 Å². The van der Waals surface area contributed by atoms with Gasteiger partial charge in [-0.1, -0.05) is 0 Å². The third kappa shape index (κ3) is 1.68. The Morgan fingerprint density at radius 2 is 2.21 bits per heavy atom. The van der Waals surface area contributed by atoms with Crippen LogP contribution in [0.1, 0.15) is 26.2 Å². The Morgan fingerprint density at radius 1 is 1.43 bits per heavy atom. The Balaban J connectivity index is 2.18. The number of sulfonamides is 1. The molecule has 0 N–H and O–H groups in total. The molecule has 0 radical (unpaired) electrons. The number of fused-ring (bicyclic) bond motifs is 1. The van der Waals surface area contributed by atoms with Crippen LogP contribution in [0.15, 0.2) is 0 Å². The highest BCUT2D eigenvalue weighted by molar-refractivity contribution is 7.89. The van der Waals surface area contributed by atoms with Crippen molar-refractivity contribution >= 4 is 10.0 Å². The molecule has 2 aliphatic rings. The first-order valence-electron chi connectivity index (χ1n) is 5.26. The molecule has 1 aliphatic heterocycles. The number of rotatable bonds is 2. The maximum absolute atomic E-state index is 11.8. The van der Waals surface area contributed by atoms with E-state index < -0.39 is 10.0 Å². The Labute approximate surface area is 85.3 Å². The second-order valence-electron chi connectivity index (χ2n) is 3.92. The van der Waals surface area contributed by atoms with Crippen molar-refractivity contribution in [3.8, 4) is 0 Å². The van der Waals surface area contributed by atoms with E-state index in [0.29, 0.717) is 13.2 Å². The van der Waals surface area contributed by atoms with Crippen molar-refractivity contribution in [1.29, 1.82) is 0 Å². The molecule has 1 heterocycles. The topological polar surface area (TPSA) is 46.6 Å². The van der Waals surface area contributed by atoms with E-state index in [-0.39, 0.29) is 17.9 Å². The maximum atomic E-state index is 11.8. The summed E-state index contributed by atoms with van der Waals surface area (Å²) in [5.41, 5.74) is 0. The second-order valence-corrected chi connectivity index (χ2v) is 6.13. The molecule has 0 aromatic rings. The van der Waals surface area contributed by atoms with Gasteiger partial charge in [-0.25, -0.2) is 8.42 Å². The monoisotopic (exact) mass is 219 g/mol. The lowest BCUT2D eigenvalue weighted by Crippen LogP contribution is -2.51. The first-order valence-corrected chi connectivity index (χ1v) is 6.87. The minimum absolute atomic E-state index is 0.119. The molecule has 2 fully saturated rings. The van der Waals surface area contributed by atoms with Crippen molar-refractivity contribution < 1.29 is 13.2 Å². The number of morpholine rings is 1. The van der Waals surface area contributed by atoms with Gasteiger partial charge in [-0.2, -0.15) is 4.31 Å². The van der Waals surface area contributed by atoms with Gasteiger partial charge in [-0.15, -0.1) is 0 Å². The summed E-state index contributed by atoms with van der Waals surface area (Å²) >= 11 is 0. The third-order valence-electron chi connectivity index (χ3n) is 3.15. The molecule has 5 heteroatoms. The fourth-order valence-electron chi connectivity index (χ4n) is 2.40. The van der Waals surface area contributed by atoms with Gasteiger partial charge >= 0.3 is 0 Å². The summed E-state index contributed by atoms with van der Waals surface area (Å²) in [5, 5.41) is 0. The number of hydrogen-bond acceptors (Lipinski definition) is 3. The molecule has 0 aromatic carbocycles. The van der Waals surface area contributed by atoms with E-state index in [1.807, 2.05) is 0 Å². The van der Waals surface area contributed by atoms with Crippen molar-refractivity contribution in [2.45, 2.75) is 38.3 Å². The fraction of sp³-hybridized carbons (Fsp3) is 1.00. The number of hydrogen-bond donors (Lipinski definition) is 0. The molecule has 2 rings (SSSR count). The van der Waals surface area contributed by atoms with Crippen molar-refractivity contribution in [3.63, 3.8) is 0 Å². The van der Waals surface area contributed by atoms with Gasteiger partial charge in [0.05, 0.1) is 24.5 Å². The van der Waals surface area contributed by atoms with Gasteiger partial charge in [0, 0.05) is 6.54 Å². The van der Waals surface area contributed by atoms with Gasteiger partial charge in [-0.05, 0) is 26.2 Å². The average Bonchev–Trinajstić information content (AvgIpc) is 2.64. The summed E-state index contributed by atoms with van der Waals surface area (Å²) in [4.78, 5) is 0. The molecule has 0 amide bonds. The SMILES string of the molecule is CCS(=O)(=O)N1CCOC2CCCC21. The van der Waals surface area contributed by atoms with E-state index in [1.165, 1.54) is 0 Å². The van der Waals surface area contributed by atoms with Crippen LogP contribution in [0.3, 0.4) is 0 Å². The molecule has 0 spiro atoms. The molecule has 2 unspecified atom stereocenters. The maximum Gasteiger partial charge on any atom is 0.214 e. The zero-order chi connectivity index (χ0) is 10.2. The molecular weight excluding hydrogens is 202 g/mol.